The highest BCUT2D eigenvalue weighted by atomic mass is 32.1. The average Bonchev–Trinajstić information content (AvgIpc) is 2.16. The third-order valence-electron chi connectivity index (χ3n) is 2.37. The van der Waals surface area contributed by atoms with E-state index in [1.807, 2.05) is 12.1 Å². The second kappa shape index (κ2) is 3.54. The van der Waals surface area contributed by atoms with Crippen molar-refractivity contribution < 1.29 is 0 Å². The first-order chi connectivity index (χ1) is 6.68. The standard InChI is InChI=1S/C12H13NS/c1-8(2)12-10-6-4-3-5-9(10)7-11(14)13-12/h3-8H,1-2H3,(H,13,14). The Labute approximate surface area is 88.8 Å². The Kier molecular flexibility index (Phi) is 2.38. The van der Waals surface area contributed by atoms with Crippen molar-refractivity contribution in [2.75, 3.05) is 0 Å². The van der Waals surface area contributed by atoms with Crippen LogP contribution in [0.5, 0.6) is 0 Å². The summed E-state index contributed by atoms with van der Waals surface area (Å²) in [5.74, 6) is 0.475. The van der Waals surface area contributed by atoms with E-state index in [4.69, 9.17) is 12.2 Å². The molecule has 72 valence electrons. The molecule has 14 heavy (non-hydrogen) atoms. The van der Waals surface area contributed by atoms with E-state index < -0.39 is 0 Å². The number of H-pyrrole nitrogens is 1. The van der Waals surface area contributed by atoms with Crippen molar-refractivity contribution in [2.45, 2.75) is 19.8 Å². The number of pyridine rings is 1. The molecule has 0 aliphatic rings. The zero-order valence-corrected chi connectivity index (χ0v) is 9.19. The van der Waals surface area contributed by atoms with E-state index in [9.17, 15) is 0 Å². The molecule has 1 aromatic heterocycles. The van der Waals surface area contributed by atoms with Gasteiger partial charge in [0.1, 0.15) is 4.64 Å². The zero-order chi connectivity index (χ0) is 10.1. The molecule has 2 rings (SSSR count). The molecule has 1 N–H and O–H groups in total. The summed E-state index contributed by atoms with van der Waals surface area (Å²) in [4.78, 5) is 3.26. The van der Waals surface area contributed by atoms with Gasteiger partial charge in [-0.25, -0.2) is 0 Å². The Morgan fingerprint density at radius 1 is 1.21 bits per heavy atom. The SMILES string of the molecule is CC(C)c1[nH]c(=S)cc2ccccc12. The van der Waals surface area contributed by atoms with E-state index >= 15 is 0 Å². The lowest BCUT2D eigenvalue weighted by molar-refractivity contribution is 0.832. The topological polar surface area (TPSA) is 15.8 Å². The fourth-order valence-corrected chi connectivity index (χ4v) is 1.94. The fourth-order valence-electron chi connectivity index (χ4n) is 1.70. The number of fused-ring (bicyclic) bond motifs is 1. The second-order valence-corrected chi connectivity index (χ2v) is 4.23. The number of nitrogens with one attached hydrogen (secondary N) is 1. The Hall–Kier alpha value is -1.15. The minimum Gasteiger partial charge on any atom is -0.349 e. The Morgan fingerprint density at radius 2 is 1.93 bits per heavy atom. The molecule has 0 saturated heterocycles. The summed E-state index contributed by atoms with van der Waals surface area (Å²) < 4.78 is 0.812. The van der Waals surface area contributed by atoms with Crippen LogP contribution in [0, 0.1) is 4.64 Å². The normalized spacial score (nSPS) is 11.1. The summed E-state index contributed by atoms with van der Waals surface area (Å²) in [6.45, 7) is 4.35. The van der Waals surface area contributed by atoms with Gasteiger partial charge in [0.25, 0.3) is 0 Å². The largest absolute Gasteiger partial charge is 0.349 e. The van der Waals surface area contributed by atoms with Gasteiger partial charge in [-0.2, -0.15) is 0 Å². The van der Waals surface area contributed by atoms with Crippen LogP contribution in [-0.2, 0) is 0 Å². The maximum absolute atomic E-state index is 5.19. The van der Waals surface area contributed by atoms with Crippen molar-refractivity contribution in [3.05, 3.63) is 40.7 Å². The van der Waals surface area contributed by atoms with Gasteiger partial charge in [-0.05, 0) is 17.4 Å². The highest BCUT2D eigenvalue weighted by Crippen LogP contribution is 2.22. The van der Waals surface area contributed by atoms with Gasteiger partial charge >= 0.3 is 0 Å². The molecule has 0 aliphatic carbocycles. The molecule has 0 aliphatic heterocycles. The quantitative estimate of drug-likeness (QED) is 0.692. The number of aromatic nitrogens is 1. The molecular formula is C12H13NS. The van der Waals surface area contributed by atoms with Crippen LogP contribution in [0.2, 0.25) is 0 Å². The lowest BCUT2D eigenvalue weighted by Gasteiger charge is -2.09. The lowest BCUT2D eigenvalue weighted by Crippen LogP contribution is -1.94. The summed E-state index contributed by atoms with van der Waals surface area (Å²) in [5, 5.41) is 2.50. The number of benzene rings is 1. The molecule has 0 fully saturated rings. The Bertz CT molecular complexity index is 511. The monoisotopic (exact) mass is 203 g/mol. The molecule has 1 aromatic carbocycles. The summed E-state index contributed by atoms with van der Waals surface area (Å²) in [6, 6.07) is 10.4. The maximum atomic E-state index is 5.19. The number of hydrogen-bond donors (Lipinski definition) is 1. The number of aromatic amines is 1. The van der Waals surface area contributed by atoms with Crippen molar-refractivity contribution in [1.29, 1.82) is 0 Å². The highest BCUT2D eigenvalue weighted by Gasteiger charge is 2.04. The second-order valence-electron chi connectivity index (χ2n) is 3.79. The molecule has 0 atom stereocenters. The smallest absolute Gasteiger partial charge is 0.104 e. The van der Waals surface area contributed by atoms with Crippen molar-refractivity contribution >= 4 is 23.0 Å². The van der Waals surface area contributed by atoms with Crippen LogP contribution < -0.4 is 0 Å². The van der Waals surface area contributed by atoms with Gasteiger partial charge < -0.3 is 4.98 Å². The number of hydrogen-bond acceptors (Lipinski definition) is 1. The van der Waals surface area contributed by atoms with Gasteiger partial charge in [0, 0.05) is 11.1 Å². The summed E-state index contributed by atoms with van der Waals surface area (Å²) in [5.41, 5.74) is 1.23. The summed E-state index contributed by atoms with van der Waals surface area (Å²) in [6.07, 6.45) is 0. The first-order valence-corrected chi connectivity index (χ1v) is 5.21. The predicted molar refractivity (Wildman–Crippen MR) is 63.2 cm³/mol. The Morgan fingerprint density at radius 3 is 2.64 bits per heavy atom. The molecule has 2 heteroatoms. The zero-order valence-electron chi connectivity index (χ0n) is 8.37. The molecule has 0 amide bonds. The predicted octanol–water partition coefficient (Wildman–Crippen LogP) is 4.02. The third kappa shape index (κ3) is 1.58. The molecular weight excluding hydrogens is 190 g/mol. The lowest BCUT2D eigenvalue weighted by atomic mass is 10.0. The van der Waals surface area contributed by atoms with Gasteiger partial charge in [-0.1, -0.05) is 50.3 Å². The van der Waals surface area contributed by atoms with Crippen molar-refractivity contribution in [3.8, 4) is 0 Å². The van der Waals surface area contributed by atoms with Gasteiger partial charge in [-0.15, -0.1) is 0 Å². The number of rotatable bonds is 1. The van der Waals surface area contributed by atoms with E-state index in [1.165, 1.54) is 16.5 Å². The molecule has 0 saturated carbocycles. The molecule has 1 nitrogen and oxygen atoms in total. The first-order valence-electron chi connectivity index (χ1n) is 4.80. The average molecular weight is 203 g/mol. The molecule has 2 aromatic rings. The van der Waals surface area contributed by atoms with E-state index in [1.54, 1.807) is 0 Å². The fraction of sp³-hybridized carbons (Fsp3) is 0.250. The minimum absolute atomic E-state index is 0.475. The van der Waals surface area contributed by atoms with Crippen LogP contribution >= 0.6 is 12.2 Å². The Balaban J connectivity index is 2.87. The molecule has 1 heterocycles. The molecule has 0 radical (unpaired) electrons. The molecule has 0 spiro atoms. The van der Waals surface area contributed by atoms with E-state index in [-0.39, 0.29) is 0 Å². The minimum atomic E-state index is 0.475. The van der Waals surface area contributed by atoms with Crippen LogP contribution in [0.25, 0.3) is 10.8 Å². The van der Waals surface area contributed by atoms with Crippen molar-refractivity contribution in [2.24, 2.45) is 0 Å². The third-order valence-corrected chi connectivity index (χ3v) is 2.59. The van der Waals surface area contributed by atoms with E-state index in [2.05, 4.69) is 37.0 Å². The van der Waals surface area contributed by atoms with Crippen LogP contribution in [0.4, 0.5) is 0 Å². The van der Waals surface area contributed by atoms with Gasteiger partial charge in [0.2, 0.25) is 0 Å². The molecule has 0 unspecified atom stereocenters. The van der Waals surface area contributed by atoms with Crippen LogP contribution in [0.1, 0.15) is 25.5 Å². The van der Waals surface area contributed by atoms with Gasteiger partial charge in [0.05, 0.1) is 0 Å². The van der Waals surface area contributed by atoms with Gasteiger partial charge in [-0.3, -0.25) is 0 Å². The van der Waals surface area contributed by atoms with Gasteiger partial charge in [0.15, 0.2) is 0 Å². The molecule has 0 bridgehead atoms. The van der Waals surface area contributed by atoms with E-state index in [0.29, 0.717) is 5.92 Å². The maximum Gasteiger partial charge on any atom is 0.104 e. The van der Waals surface area contributed by atoms with Crippen LogP contribution in [0.15, 0.2) is 30.3 Å². The first kappa shape index (κ1) is 9.41. The van der Waals surface area contributed by atoms with Crippen molar-refractivity contribution in [3.63, 3.8) is 0 Å². The van der Waals surface area contributed by atoms with Crippen LogP contribution in [0.3, 0.4) is 0 Å². The highest BCUT2D eigenvalue weighted by molar-refractivity contribution is 7.71. The van der Waals surface area contributed by atoms with Crippen LogP contribution in [-0.4, -0.2) is 4.98 Å². The van der Waals surface area contributed by atoms with Crippen molar-refractivity contribution in [1.82, 2.24) is 4.98 Å². The van der Waals surface area contributed by atoms with E-state index in [0.717, 1.165) is 4.64 Å². The summed E-state index contributed by atoms with van der Waals surface area (Å²) >= 11 is 5.19. The summed E-state index contributed by atoms with van der Waals surface area (Å²) in [7, 11) is 0.